The molecule has 0 aliphatic rings. The lowest BCUT2D eigenvalue weighted by Crippen LogP contribution is -2.04. The summed E-state index contributed by atoms with van der Waals surface area (Å²) in [6.07, 6.45) is 4.86. The van der Waals surface area contributed by atoms with Crippen molar-refractivity contribution in [2.24, 2.45) is 5.92 Å². The third-order valence-corrected chi connectivity index (χ3v) is 4.97. The molecule has 0 aliphatic carbocycles. The number of halogens is 1. The zero-order chi connectivity index (χ0) is 14.3. The molecule has 0 fully saturated rings. The number of aromatic carboxylic acids is 1. The van der Waals surface area contributed by atoms with Crippen molar-refractivity contribution in [2.45, 2.75) is 44.4 Å². The predicted octanol–water partition coefficient (Wildman–Crippen LogP) is 5.46. The zero-order valence-electron chi connectivity index (χ0n) is 11.5. The van der Waals surface area contributed by atoms with Gasteiger partial charge in [0.15, 0.2) is 0 Å². The smallest absolute Gasteiger partial charge is 0.336 e. The van der Waals surface area contributed by atoms with Gasteiger partial charge < -0.3 is 5.11 Å². The topological polar surface area (TPSA) is 37.3 Å². The van der Waals surface area contributed by atoms with Crippen LogP contribution in [0.5, 0.6) is 0 Å². The lowest BCUT2D eigenvalue weighted by atomic mass is 10.0. The Morgan fingerprint density at radius 1 is 1.42 bits per heavy atom. The lowest BCUT2D eigenvalue weighted by molar-refractivity contribution is 0.0693. The lowest BCUT2D eigenvalue weighted by Gasteiger charge is -2.14. The third kappa shape index (κ3) is 5.57. The maximum atomic E-state index is 11.2. The molecule has 2 nitrogen and oxygen atoms in total. The van der Waals surface area contributed by atoms with Crippen LogP contribution >= 0.6 is 27.7 Å². The van der Waals surface area contributed by atoms with Crippen LogP contribution in [-0.4, -0.2) is 16.8 Å². The Morgan fingerprint density at radius 2 is 2.16 bits per heavy atom. The minimum atomic E-state index is -0.850. The Balaban J connectivity index is 2.70. The van der Waals surface area contributed by atoms with E-state index in [0.717, 1.165) is 21.5 Å². The first-order chi connectivity index (χ1) is 9.08. The number of rotatable bonds is 8. The van der Waals surface area contributed by atoms with Gasteiger partial charge in [-0.3, -0.25) is 0 Å². The van der Waals surface area contributed by atoms with Crippen LogP contribution < -0.4 is 0 Å². The van der Waals surface area contributed by atoms with Crippen LogP contribution in [0.1, 0.15) is 49.9 Å². The second-order valence-corrected chi connectivity index (χ2v) is 6.65. The summed E-state index contributed by atoms with van der Waals surface area (Å²) in [6.45, 7) is 4.41. The van der Waals surface area contributed by atoms with Crippen molar-refractivity contribution in [2.75, 3.05) is 5.75 Å². The van der Waals surface area contributed by atoms with Crippen molar-refractivity contribution in [1.29, 1.82) is 0 Å². The molecule has 106 valence electrons. The van der Waals surface area contributed by atoms with E-state index in [2.05, 4.69) is 29.8 Å². The van der Waals surface area contributed by atoms with E-state index in [1.165, 1.54) is 19.3 Å². The normalized spacial score (nSPS) is 12.4. The molecule has 1 unspecified atom stereocenters. The monoisotopic (exact) mass is 344 g/mol. The van der Waals surface area contributed by atoms with E-state index in [0.29, 0.717) is 11.5 Å². The van der Waals surface area contributed by atoms with E-state index < -0.39 is 5.97 Å². The number of carboxylic acids is 1. The van der Waals surface area contributed by atoms with E-state index >= 15 is 0 Å². The highest BCUT2D eigenvalue weighted by Gasteiger charge is 2.13. The largest absolute Gasteiger partial charge is 0.478 e. The molecular weight excluding hydrogens is 324 g/mol. The van der Waals surface area contributed by atoms with Gasteiger partial charge in [-0.15, -0.1) is 11.8 Å². The maximum absolute atomic E-state index is 11.2. The van der Waals surface area contributed by atoms with Gasteiger partial charge in [-0.05, 0) is 30.5 Å². The van der Waals surface area contributed by atoms with Gasteiger partial charge in [0.25, 0.3) is 0 Å². The Labute approximate surface area is 128 Å². The van der Waals surface area contributed by atoms with Crippen LogP contribution in [-0.2, 0) is 0 Å². The molecule has 0 radical (unpaired) electrons. The van der Waals surface area contributed by atoms with E-state index in [9.17, 15) is 9.90 Å². The van der Waals surface area contributed by atoms with Gasteiger partial charge in [0.1, 0.15) is 0 Å². The summed E-state index contributed by atoms with van der Waals surface area (Å²) in [7, 11) is 0. The van der Waals surface area contributed by atoms with Gasteiger partial charge in [0, 0.05) is 15.1 Å². The molecule has 1 aromatic rings. The molecule has 0 aliphatic heterocycles. The van der Waals surface area contributed by atoms with Crippen molar-refractivity contribution >= 4 is 33.7 Å². The van der Waals surface area contributed by atoms with E-state index in [1.54, 1.807) is 23.9 Å². The highest BCUT2D eigenvalue weighted by Crippen LogP contribution is 2.30. The van der Waals surface area contributed by atoms with Gasteiger partial charge in [-0.25, -0.2) is 4.79 Å². The fourth-order valence-electron chi connectivity index (χ4n) is 1.90. The fraction of sp³-hybridized carbons (Fsp3) is 0.533. The molecule has 0 aromatic heterocycles. The quantitative estimate of drug-likeness (QED) is 0.636. The molecular formula is C15H21BrO2S. The number of carboxylic acid groups (broad SMARTS) is 1. The first-order valence-electron chi connectivity index (χ1n) is 6.74. The highest BCUT2D eigenvalue weighted by molar-refractivity contribution is 9.10. The minimum absolute atomic E-state index is 0.401. The second-order valence-electron chi connectivity index (χ2n) is 4.67. The molecule has 1 rings (SSSR count). The summed E-state index contributed by atoms with van der Waals surface area (Å²) < 4.78 is 0.932. The number of hydrogen-bond donors (Lipinski definition) is 1. The Hall–Kier alpha value is -0.480. The average Bonchev–Trinajstić information content (AvgIpc) is 2.38. The number of carbonyl (C=O) groups is 1. The van der Waals surface area contributed by atoms with Gasteiger partial charge in [0.2, 0.25) is 0 Å². The molecule has 4 heteroatoms. The van der Waals surface area contributed by atoms with Crippen LogP contribution in [0.2, 0.25) is 0 Å². The minimum Gasteiger partial charge on any atom is -0.478 e. The van der Waals surface area contributed by atoms with Crippen LogP contribution in [0.25, 0.3) is 0 Å². The first kappa shape index (κ1) is 16.6. The Kier molecular flexibility index (Phi) is 7.54. The Bertz CT molecular complexity index is 421. The summed E-state index contributed by atoms with van der Waals surface area (Å²) in [4.78, 5) is 12.0. The number of unbranched alkanes of at least 4 members (excludes halogenated alkanes) is 1. The predicted molar refractivity (Wildman–Crippen MR) is 85.1 cm³/mol. The molecule has 0 heterocycles. The first-order valence-corrected chi connectivity index (χ1v) is 8.52. The SMILES string of the molecule is CCCCC(CC)CSc1cc(Br)ccc1C(=O)O. The summed E-state index contributed by atoms with van der Waals surface area (Å²) >= 11 is 5.07. The van der Waals surface area contributed by atoms with Gasteiger partial charge in [-0.1, -0.05) is 49.0 Å². The van der Waals surface area contributed by atoms with Crippen molar-refractivity contribution in [3.8, 4) is 0 Å². The third-order valence-electron chi connectivity index (χ3n) is 3.19. The van der Waals surface area contributed by atoms with E-state index in [4.69, 9.17) is 0 Å². The zero-order valence-corrected chi connectivity index (χ0v) is 13.9. The number of benzene rings is 1. The maximum Gasteiger partial charge on any atom is 0.336 e. The molecule has 1 aromatic carbocycles. The van der Waals surface area contributed by atoms with Gasteiger partial charge in [-0.2, -0.15) is 0 Å². The molecule has 0 saturated heterocycles. The van der Waals surface area contributed by atoms with Crippen molar-refractivity contribution < 1.29 is 9.90 Å². The molecule has 1 N–H and O–H groups in total. The van der Waals surface area contributed by atoms with Crippen LogP contribution in [0.15, 0.2) is 27.6 Å². The average molecular weight is 345 g/mol. The van der Waals surface area contributed by atoms with Crippen molar-refractivity contribution in [1.82, 2.24) is 0 Å². The fourth-order valence-corrected chi connectivity index (χ4v) is 3.75. The molecule has 1 atom stereocenters. The molecule has 19 heavy (non-hydrogen) atoms. The van der Waals surface area contributed by atoms with E-state index in [-0.39, 0.29) is 0 Å². The van der Waals surface area contributed by atoms with Crippen molar-refractivity contribution in [3.63, 3.8) is 0 Å². The molecule has 0 bridgehead atoms. The molecule has 0 spiro atoms. The highest BCUT2D eigenvalue weighted by atomic mass is 79.9. The van der Waals surface area contributed by atoms with Crippen LogP contribution in [0.3, 0.4) is 0 Å². The summed E-state index contributed by atoms with van der Waals surface area (Å²) in [5.41, 5.74) is 0.401. The number of hydrogen-bond acceptors (Lipinski definition) is 2. The Morgan fingerprint density at radius 3 is 2.74 bits per heavy atom. The van der Waals surface area contributed by atoms with Crippen LogP contribution in [0, 0.1) is 5.92 Å². The summed E-state index contributed by atoms with van der Waals surface area (Å²) in [6, 6.07) is 5.35. The summed E-state index contributed by atoms with van der Waals surface area (Å²) in [5.74, 6) is 0.815. The standard InChI is InChI=1S/C15H21BrO2S/c1-3-5-6-11(4-2)10-19-14-9-12(16)7-8-13(14)15(17)18/h7-9,11H,3-6,10H2,1-2H3,(H,17,18). The van der Waals surface area contributed by atoms with Gasteiger partial charge >= 0.3 is 5.97 Å². The second kappa shape index (κ2) is 8.64. The molecule has 0 saturated carbocycles. The number of thioether (sulfide) groups is 1. The van der Waals surface area contributed by atoms with Crippen molar-refractivity contribution in [3.05, 3.63) is 28.2 Å². The van der Waals surface area contributed by atoms with Crippen LogP contribution in [0.4, 0.5) is 0 Å². The van der Waals surface area contributed by atoms with Gasteiger partial charge in [0.05, 0.1) is 5.56 Å². The van der Waals surface area contributed by atoms with E-state index in [1.807, 2.05) is 6.07 Å². The molecule has 0 amide bonds. The summed E-state index contributed by atoms with van der Waals surface area (Å²) in [5, 5.41) is 9.19.